The third-order valence-corrected chi connectivity index (χ3v) is 3.17. The van der Waals surface area contributed by atoms with Crippen LogP contribution in [0.2, 0.25) is 0 Å². The number of alkyl halides is 2. The Morgan fingerprint density at radius 2 is 2.26 bits per heavy atom. The van der Waals surface area contributed by atoms with Gasteiger partial charge in [-0.05, 0) is 25.0 Å². The monoisotopic (exact) mass is 293 g/mol. The molecule has 0 saturated carbocycles. The van der Waals surface area contributed by atoms with E-state index in [2.05, 4.69) is 5.32 Å². The first kappa shape index (κ1) is 16.0. The summed E-state index contributed by atoms with van der Waals surface area (Å²) in [4.78, 5) is 11.6. The Bertz CT molecular complexity index is 398. The van der Waals surface area contributed by atoms with Crippen molar-refractivity contribution in [1.29, 1.82) is 0 Å². The highest BCUT2D eigenvalue weighted by Gasteiger charge is 2.12. The van der Waals surface area contributed by atoms with Crippen LogP contribution in [0.15, 0.2) is 16.5 Å². The molecule has 1 aromatic heterocycles. The van der Waals surface area contributed by atoms with Gasteiger partial charge in [0.1, 0.15) is 5.76 Å². The highest BCUT2D eigenvalue weighted by atomic mass is 32.2. The largest absolute Gasteiger partial charge is 0.455 e. The van der Waals surface area contributed by atoms with Gasteiger partial charge in [0, 0.05) is 6.54 Å². The van der Waals surface area contributed by atoms with E-state index in [1.165, 1.54) is 12.1 Å². The summed E-state index contributed by atoms with van der Waals surface area (Å²) in [6.45, 7) is 2.20. The maximum atomic E-state index is 12.0. The number of nitrogens with one attached hydrogen (secondary N) is 1. The van der Waals surface area contributed by atoms with Gasteiger partial charge in [0.2, 0.25) is 0 Å². The molecular formula is C12H17F2NO3S. The van der Waals surface area contributed by atoms with Crippen LogP contribution in [-0.2, 0) is 5.75 Å². The normalized spacial score (nSPS) is 12.7. The zero-order valence-electron chi connectivity index (χ0n) is 10.6. The minimum Gasteiger partial charge on any atom is -0.455 e. The number of carbonyl (C=O) groups is 1. The van der Waals surface area contributed by atoms with E-state index in [0.29, 0.717) is 36.9 Å². The number of amides is 1. The predicted molar refractivity (Wildman–Crippen MR) is 69.3 cm³/mol. The van der Waals surface area contributed by atoms with Crippen molar-refractivity contribution in [2.24, 2.45) is 0 Å². The molecule has 1 rings (SSSR count). The van der Waals surface area contributed by atoms with Gasteiger partial charge in [0.15, 0.2) is 5.76 Å². The van der Waals surface area contributed by atoms with Crippen LogP contribution in [0.4, 0.5) is 8.78 Å². The summed E-state index contributed by atoms with van der Waals surface area (Å²) in [5, 5.41) is 11.9. The number of carbonyl (C=O) groups excluding carboxylic acids is 1. The second-order valence-corrected chi connectivity index (χ2v) is 4.92. The molecule has 0 aliphatic heterocycles. The van der Waals surface area contributed by atoms with E-state index < -0.39 is 17.8 Å². The van der Waals surface area contributed by atoms with Gasteiger partial charge >= 0.3 is 0 Å². The summed E-state index contributed by atoms with van der Waals surface area (Å²) in [6, 6.07) is 2.96. The molecule has 1 unspecified atom stereocenters. The van der Waals surface area contributed by atoms with Gasteiger partial charge < -0.3 is 14.8 Å². The molecule has 1 aromatic rings. The number of thioether (sulfide) groups is 1. The summed E-state index contributed by atoms with van der Waals surface area (Å²) in [7, 11) is 0. The third-order valence-electron chi connectivity index (χ3n) is 2.47. The Labute approximate surface area is 114 Å². The highest BCUT2D eigenvalue weighted by molar-refractivity contribution is 7.98. The van der Waals surface area contributed by atoms with Crippen LogP contribution in [0.5, 0.6) is 0 Å². The zero-order chi connectivity index (χ0) is 14.3. The first-order valence-corrected chi connectivity index (χ1v) is 7.02. The molecule has 0 fully saturated rings. The fourth-order valence-electron chi connectivity index (χ4n) is 1.37. The van der Waals surface area contributed by atoms with E-state index in [4.69, 9.17) is 4.42 Å². The fraction of sp³-hybridized carbons (Fsp3) is 0.583. The van der Waals surface area contributed by atoms with Crippen LogP contribution < -0.4 is 5.32 Å². The van der Waals surface area contributed by atoms with Crippen molar-refractivity contribution in [1.82, 2.24) is 5.32 Å². The van der Waals surface area contributed by atoms with Crippen molar-refractivity contribution in [3.05, 3.63) is 23.7 Å². The Kier molecular flexibility index (Phi) is 6.86. The van der Waals surface area contributed by atoms with Crippen molar-refractivity contribution in [3.8, 4) is 0 Å². The van der Waals surface area contributed by atoms with Crippen molar-refractivity contribution in [3.63, 3.8) is 0 Å². The van der Waals surface area contributed by atoms with Gasteiger partial charge in [-0.25, -0.2) is 0 Å². The smallest absolute Gasteiger partial charge is 0.286 e. The molecule has 0 aliphatic carbocycles. The summed E-state index contributed by atoms with van der Waals surface area (Å²) in [5.74, 6) is -2.41. The molecule has 1 atom stereocenters. The quantitative estimate of drug-likeness (QED) is 0.773. The third kappa shape index (κ3) is 6.07. The van der Waals surface area contributed by atoms with Gasteiger partial charge in [-0.2, -0.15) is 8.78 Å². The molecule has 0 saturated heterocycles. The van der Waals surface area contributed by atoms with E-state index >= 15 is 0 Å². The fourth-order valence-corrected chi connectivity index (χ4v) is 1.81. The standard InChI is InChI=1S/C12H17F2NO3S/c1-2-8(16)5-6-15-11(17)10-4-3-9(18-10)7-19-12(13)14/h3-4,8,12,16H,2,5-7H2,1H3,(H,15,17). The minimum absolute atomic E-state index is 0.0273. The van der Waals surface area contributed by atoms with Crippen LogP contribution in [0, 0.1) is 0 Å². The molecule has 0 spiro atoms. The summed E-state index contributed by atoms with van der Waals surface area (Å²) in [6.07, 6.45) is 0.665. The molecule has 4 nitrogen and oxygen atoms in total. The molecular weight excluding hydrogens is 276 g/mol. The molecule has 1 amide bonds. The first-order chi connectivity index (χ1) is 9.02. The molecule has 0 bridgehead atoms. The topological polar surface area (TPSA) is 62.5 Å². The summed E-state index contributed by atoms with van der Waals surface area (Å²) in [5.41, 5.74) is 0. The minimum atomic E-state index is -2.46. The second-order valence-electron chi connectivity index (χ2n) is 3.94. The lowest BCUT2D eigenvalue weighted by Crippen LogP contribution is -2.26. The molecule has 7 heteroatoms. The Morgan fingerprint density at radius 3 is 2.89 bits per heavy atom. The summed E-state index contributed by atoms with van der Waals surface area (Å²) >= 11 is 0.442. The zero-order valence-corrected chi connectivity index (χ0v) is 11.4. The lowest BCUT2D eigenvalue weighted by atomic mass is 10.2. The lowest BCUT2D eigenvalue weighted by molar-refractivity contribution is 0.0913. The lowest BCUT2D eigenvalue weighted by Gasteiger charge is -2.07. The number of hydrogen-bond acceptors (Lipinski definition) is 4. The van der Waals surface area contributed by atoms with Crippen LogP contribution >= 0.6 is 11.8 Å². The van der Waals surface area contributed by atoms with Gasteiger partial charge in [0.05, 0.1) is 11.9 Å². The van der Waals surface area contributed by atoms with Crippen LogP contribution in [0.1, 0.15) is 36.1 Å². The van der Waals surface area contributed by atoms with E-state index in [1.807, 2.05) is 6.92 Å². The van der Waals surface area contributed by atoms with Crippen molar-refractivity contribution < 1.29 is 23.1 Å². The number of aliphatic hydroxyl groups excluding tert-OH is 1. The van der Waals surface area contributed by atoms with Gasteiger partial charge in [-0.15, -0.1) is 0 Å². The predicted octanol–water partition coefficient (Wildman–Crippen LogP) is 2.63. The van der Waals surface area contributed by atoms with E-state index in [1.54, 1.807) is 0 Å². The Morgan fingerprint density at radius 1 is 1.53 bits per heavy atom. The molecule has 19 heavy (non-hydrogen) atoms. The molecule has 2 N–H and O–H groups in total. The molecule has 0 aromatic carbocycles. The van der Waals surface area contributed by atoms with E-state index in [-0.39, 0.29) is 11.5 Å². The van der Waals surface area contributed by atoms with Gasteiger partial charge in [-0.3, -0.25) is 4.79 Å². The number of furan rings is 1. The Hall–Kier alpha value is -1.08. The molecule has 108 valence electrons. The number of halogens is 2. The van der Waals surface area contributed by atoms with Crippen molar-refractivity contribution in [2.75, 3.05) is 6.54 Å². The first-order valence-electron chi connectivity index (χ1n) is 5.97. The van der Waals surface area contributed by atoms with E-state index in [0.717, 1.165) is 0 Å². The Balaban J connectivity index is 2.36. The number of hydrogen-bond donors (Lipinski definition) is 2. The van der Waals surface area contributed by atoms with Gasteiger partial charge in [-0.1, -0.05) is 18.7 Å². The summed E-state index contributed by atoms with van der Waals surface area (Å²) < 4.78 is 29.1. The maximum absolute atomic E-state index is 12.0. The average molecular weight is 293 g/mol. The van der Waals surface area contributed by atoms with Crippen LogP contribution in [0.3, 0.4) is 0 Å². The molecule has 0 radical (unpaired) electrons. The van der Waals surface area contributed by atoms with E-state index in [9.17, 15) is 18.7 Å². The van der Waals surface area contributed by atoms with Crippen LogP contribution in [-0.4, -0.2) is 29.4 Å². The maximum Gasteiger partial charge on any atom is 0.286 e. The average Bonchev–Trinajstić information content (AvgIpc) is 2.84. The van der Waals surface area contributed by atoms with Gasteiger partial charge in [0.25, 0.3) is 11.7 Å². The molecule has 0 aliphatic rings. The number of aliphatic hydroxyl groups is 1. The van der Waals surface area contributed by atoms with Crippen molar-refractivity contribution in [2.45, 2.75) is 37.4 Å². The van der Waals surface area contributed by atoms with Crippen molar-refractivity contribution >= 4 is 17.7 Å². The SMILES string of the molecule is CCC(O)CCNC(=O)c1ccc(CSC(F)F)o1. The highest BCUT2D eigenvalue weighted by Crippen LogP contribution is 2.21. The second kappa shape index (κ2) is 8.16. The van der Waals surface area contributed by atoms with Crippen LogP contribution in [0.25, 0.3) is 0 Å². The molecule has 1 heterocycles. The number of rotatable bonds is 8.